The molecule has 0 fully saturated rings. The molecule has 0 saturated heterocycles. The summed E-state index contributed by atoms with van der Waals surface area (Å²) >= 11 is 6.14. The maximum absolute atomic E-state index is 10.9. The van der Waals surface area contributed by atoms with E-state index < -0.39 is 5.97 Å². The van der Waals surface area contributed by atoms with Crippen molar-refractivity contribution in [3.63, 3.8) is 0 Å². The number of hydrogen-bond donors (Lipinski definition) is 1. The van der Waals surface area contributed by atoms with Crippen molar-refractivity contribution in [3.8, 4) is 5.75 Å². The number of para-hydroxylation sites is 2. The van der Waals surface area contributed by atoms with Crippen LogP contribution in [0.1, 0.15) is 6.92 Å². The molecule has 0 bridgehead atoms. The normalized spacial score (nSPS) is 10.6. The maximum Gasteiger partial charge on any atom is 0.308 e. The van der Waals surface area contributed by atoms with Gasteiger partial charge in [0.25, 0.3) is 6.01 Å². The summed E-state index contributed by atoms with van der Waals surface area (Å²) in [4.78, 5) is 15.2. The third-order valence-electron chi connectivity index (χ3n) is 2.74. The minimum absolute atomic E-state index is 0.346. The summed E-state index contributed by atoms with van der Waals surface area (Å²) in [6, 6.07) is 12.7. The van der Waals surface area contributed by atoms with Crippen molar-refractivity contribution in [2.75, 3.05) is 5.32 Å². The van der Waals surface area contributed by atoms with Crippen LogP contribution in [0.4, 0.5) is 11.7 Å². The Hall–Kier alpha value is -2.53. The van der Waals surface area contributed by atoms with Gasteiger partial charge in [-0.1, -0.05) is 23.7 Å². The van der Waals surface area contributed by atoms with Crippen molar-refractivity contribution >= 4 is 40.4 Å². The highest BCUT2D eigenvalue weighted by molar-refractivity contribution is 6.33. The van der Waals surface area contributed by atoms with Gasteiger partial charge in [-0.3, -0.25) is 4.79 Å². The van der Waals surface area contributed by atoms with E-state index in [1.165, 1.54) is 6.92 Å². The number of rotatable bonds is 3. The number of benzene rings is 2. The first-order valence-electron chi connectivity index (χ1n) is 6.22. The first-order chi connectivity index (χ1) is 10.1. The van der Waals surface area contributed by atoms with E-state index in [1.807, 2.05) is 24.3 Å². The van der Waals surface area contributed by atoms with E-state index in [0.717, 1.165) is 5.52 Å². The van der Waals surface area contributed by atoms with Gasteiger partial charge < -0.3 is 14.5 Å². The van der Waals surface area contributed by atoms with E-state index in [-0.39, 0.29) is 0 Å². The number of halogens is 1. The zero-order valence-corrected chi connectivity index (χ0v) is 11.8. The van der Waals surface area contributed by atoms with Gasteiger partial charge in [0.1, 0.15) is 11.3 Å². The van der Waals surface area contributed by atoms with E-state index in [4.69, 9.17) is 20.8 Å². The lowest BCUT2D eigenvalue weighted by Crippen LogP contribution is -2.01. The molecule has 0 aliphatic heterocycles. The standard InChI is InChI=1S/C15H11ClN2O3/c1-9(19)20-10-6-7-12(11(16)8-10)17-15-18-13-4-2-3-5-14(13)21-15/h2-8H,1H3,(H,17,18). The van der Waals surface area contributed by atoms with Crippen LogP contribution in [0.15, 0.2) is 46.9 Å². The number of fused-ring (bicyclic) bond motifs is 1. The third-order valence-corrected chi connectivity index (χ3v) is 3.05. The molecule has 0 radical (unpaired) electrons. The first-order valence-corrected chi connectivity index (χ1v) is 6.60. The van der Waals surface area contributed by atoms with Gasteiger partial charge in [-0.05, 0) is 24.3 Å². The van der Waals surface area contributed by atoms with E-state index >= 15 is 0 Å². The molecule has 1 aromatic heterocycles. The molecule has 0 aliphatic carbocycles. The molecular weight excluding hydrogens is 292 g/mol. The van der Waals surface area contributed by atoms with Crippen LogP contribution in [0, 0.1) is 0 Å². The van der Waals surface area contributed by atoms with Gasteiger partial charge in [0.15, 0.2) is 5.58 Å². The molecule has 3 rings (SSSR count). The van der Waals surface area contributed by atoms with Crippen molar-refractivity contribution in [1.82, 2.24) is 4.98 Å². The summed E-state index contributed by atoms with van der Waals surface area (Å²) in [5.41, 5.74) is 2.06. The van der Waals surface area contributed by atoms with Gasteiger partial charge in [0.2, 0.25) is 0 Å². The second-order valence-corrected chi connectivity index (χ2v) is 4.75. The lowest BCUT2D eigenvalue weighted by atomic mass is 10.3. The van der Waals surface area contributed by atoms with Crippen molar-refractivity contribution < 1.29 is 13.9 Å². The smallest absolute Gasteiger partial charge is 0.308 e. The average molecular weight is 303 g/mol. The number of carbonyl (C=O) groups is 1. The summed E-state index contributed by atoms with van der Waals surface area (Å²) in [5, 5.41) is 3.39. The molecule has 0 spiro atoms. The van der Waals surface area contributed by atoms with Crippen LogP contribution in [0.2, 0.25) is 5.02 Å². The van der Waals surface area contributed by atoms with E-state index in [0.29, 0.717) is 28.1 Å². The Labute approximate surface area is 125 Å². The molecule has 0 unspecified atom stereocenters. The highest BCUT2D eigenvalue weighted by Gasteiger charge is 2.09. The van der Waals surface area contributed by atoms with Crippen molar-refractivity contribution in [2.24, 2.45) is 0 Å². The molecule has 1 heterocycles. The number of carbonyl (C=O) groups excluding carboxylic acids is 1. The third kappa shape index (κ3) is 2.98. The number of ether oxygens (including phenoxy) is 1. The zero-order valence-electron chi connectivity index (χ0n) is 11.1. The van der Waals surface area contributed by atoms with E-state index in [1.54, 1.807) is 18.2 Å². The van der Waals surface area contributed by atoms with Crippen molar-refractivity contribution in [1.29, 1.82) is 0 Å². The van der Waals surface area contributed by atoms with Crippen LogP contribution in [-0.2, 0) is 4.79 Å². The summed E-state index contributed by atoms with van der Waals surface area (Å²) in [6.07, 6.45) is 0. The van der Waals surface area contributed by atoms with Gasteiger partial charge in [-0.2, -0.15) is 4.98 Å². The molecule has 21 heavy (non-hydrogen) atoms. The second-order valence-electron chi connectivity index (χ2n) is 4.35. The quantitative estimate of drug-likeness (QED) is 0.581. The molecule has 5 nitrogen and oxygen atoms in total. The molecule has 0 atom stereocenters. The predicted molar refractivity (Wildman–Crippen MR) is 80.1 cm³/mol. The predicted octanol–water partition coefficient (Wildman–Crippen LogP) is 4.15. The molecule has 106 valence electrons. The lowest BCUT2D eigenvalue weighted by molar-refractivity contribution is -0.131. The number of anilines is 2. The number of hydrogen-bond acceptors (Lipinski definition) is 5. The van der Waals surface area contributed by atoms with Crippen molar-refractivity contribution in [2.45, 2.75) is 6.92 Å². The van der Waals surface area contributed by atoms with Crippen LogP contribution in [0.5, 0.6) is 5.75 Å². The van der Waals surface area contributed by atoms with Crippen molar-refractivity contribution in [3.05, 3.63) is 47.5 Å². The fraction of sp³-hybridized carbons (Fsp3) is 0.0667. The molecule has 0 aliphatic rings. The van der Waals surface area contributed by atoms with E-state index in [9.17, 15) is 4.79 Å². The Morgan fingerprint density at radius 1 is 1.29 bits per heavy atom. The average Bonchev–Trinajstić information content (AvgIpc) is 2.83. The summed E-state index contributed by atoms with van der Waals surface area (Å²) in [5.74, 6) is -0.0126. The second kappa shape index (κ2) is 5.46. The summed E-state index contributed by atoms with van der Waals surface area (Å²) < 4.78 is 10.5. The Morgan fingerprint density at radius 2 is 2.10 bits per heavy atom. The zero-order chi connectivity index (χ0) is 14.8. The molecule has 6 heteroatoms. The van der Waals surface area contributed by atoms with Crippen LogP contribution in [-0.4, -0.2) is 11.0 Å². The Morgan fingerprint density at radius 3 is 2.81 bits per heavy atom. The van der Waals surface area contributed by atoms with Crippen LogP contribution < -0.4 is 10.1 Å². The Kier molecular flexibility index (Phi) is 3.50. The lowest BCUT2D eigenvalue weighted by Gasteiger charge is -2.06. The number of nitrogens with zero attached hydrogens (tertiary/aromatic N) is 1. The van der Waals surface area contributed by atoms with Gasteiger partial charge in [-0.15, -0.1) is 0 Å². The van der Waals surface area contributed by atoms with Gasteiger partial charge in [-0.25, -0.2) is 0 Å². The fourth-order valence-corrected chi connectivity index (χ4v) is 2.09. The minimum atomic E-state index is -0.397. The Balaban J connectivity index is 1.85. The number of nitrogens with one attached hydrogen (secondary N) is 1. The molecule has 1 N–H and O–H groups in total. The number of aromatic nitrogens is 1. The topological polar surface area (TPSA) is 64.4 Å². The van der Waals surface area contributed by atoms with Crippen LogP contribution in [0.3, 0.4) is 0 Å². The largest absolute Gasteiger partial charge is 0.427 e. The molecular formula is C15H11ClN2O3. The summed E-state index contributed by atoms with van der Waals surface area (Å²) in [6.45, 7) is 1.33. The van der Waals surface area contributed by atoms with E-state index in [2.05, 4.69) is 10.3 Å². The maximum atomic E-state index is 10.9. The number of esters is 1. The Bertz CT molecular complexity index is 781. The first kappa shape index (κ1) is 13.5. The SMILES string of the molecule is CC(=O)Oc1ccc(Nc2nc3ccccc3o2)c(Cl)c1. The fourth-order valence-electron chi connectivity index (χ4n) is 1.87. The monoisotopic (exact) mass is 302 g/mol. The molecule has 0 amide bonds. The summed E-state index contributed by atoms with van der Waals surface area (Å²) in [7, 11) is 0. The molecule has 3 aromatic rings. The van der Waals surface area contributed by atoms with Crippen LogP contribution >= 0.6 is 11.6 Å². The van der Waals surface area contributed by atoms with Crippen LogP contribution in [0.25, 0.3) is 11.1 Å². The molecule has 0 saturated carbocycles. The van der Waals surface area contributed by atoms with Gasteiger partial charge >= 0.3 is 5.97 Å². The highest BCUT2D eigenvalue weighted by Crippen LogP contribution is 2.30. The number of oxazole rings is 1. The minimum Gasteiger partial charge on any atom is -0.427 e. The van der Waals surface area contributed by atoms with Gasteiger partial charge in [0, 0.05) is 13.0 Å². The van der Waals surface area contributed by atoms with Gasteiger partial charge in [0.05, 0.1) is 10.7 Å². The highest BCUT2D eigenvalue weighted by atomic mass is 35.5. The molecule has 2 aromatic carbocycles.